The molecule has 0 spiro atoms. The number of hydrogen-bond acceptors (Lipinski definition) is 4. The number of rotatable bonds is 12. The molecule has 3 rings (SSSR count). The van der Waals surface area contributed by atoms with Crippen LogP contribution in [0.15, 0.2) is 78.9 Å². The van der Waals surface area contributed by atoms with Crippen LogP contribution in [0, 0.1) is 0 Å². The van der Waals surface area contributed by atoms with Crippen molar-refractivity contribution in [1.82, 2.24) is 0 Å². The Bertz CT molecular complexity index is 944. The van der Waals surface area contributed by atoms with Gasteiger partial charge in [0.1, 0.15) is 11.5 Å². The van der Waals surface area contributed by atoms with E-state index in [0.717, 1.165) is 42.1 Å². The summed E-state index contributed by atoms with van der Waals surface area (Å²) in [5.41, 5.74) is 2.80. The highest BCUT2D eigenvalue weighted by Crippen LogP contribution is 2.19. The average molecular weight is 419 g/mol. The van der Waals surface area contributed by atoms with E-state index in [-0.39, 0.29) is 12.5 Å². The van der Waals surface area contributed by atoms with Gasteiger partial charge in [-0.3, -0.25) is 4.79 Å². The van der Waals surface area contributed by atoms with Gasteiger partial charge in [0.2, 0.25) is 5.91 Å². The van der Waals surface area contributed by atoms with Gasteiger partial charge in [-0.1, -0.05) is 55.8 Å². The van der Waals surface area contributed by atoms with Gasteiger partial charge < -0.3 is 20.1 Å². The van der Waals surface area contributed by atoms with Gasteiger partial charge in [-0.15, -0.1) is 0 Å². The Balaban J connectivity index is 1.43. The molecule has 0 aliphatic carbocycles. The zero-order chi connectivity index (χ0) is 21.7. The molecule has 2 N–H and O–H groups in total. The molecule has 0 heterocycles. The first-order valence-electron chi connectivity index (χ1n) is 10.8. The van der Waals surface area contributed by atoms with Crippen LogP contribution in [0.2, 0.25) is 0 Å². The first-order valence-corrected chi connectivity index (χ1v) is 10.8. The van der Waals surface area contributed by atoms with E-state index in [1.54, 1.807) is 0 Å². The Morgan fingerprint density at radius 2 is 1.48 bits per heavy atom. The highest BCUT2D eigenvalue weighted by molar-refractivity contribution is 5.93. The maximum atomic E-state index is 12.3. The normalized spacial score (nSPS) is 10.4. The average Bonchev–Trinajstić information content (AvgIpc) is 2.79. The standard InChI is InChI=1S/C26H30N2O3/c1-2-3-16-30-25-14-8-12-23(19-25)28-26(29)20-27-22-11-7-13-24(18-22)31-17-15-21-9-5-4-6-10-21/h4-14,18-19,27H,2-3,15-17,20H2,1H3,(H,28,29). The summed E-state index contributed by atoms with van der Waals surface area (Å²) in [4.78, 5) is 12.3. The van der Waals surface area contributed by atoms with Crippen molar-refractivity contribution >= 4 is 17.3 Å². The van der Waals surface area contributed by atoms with Crippen LogP contribution >= 0.6 is 0 Å². The van der Waals surface area contributed by atoms with Gasteiger partial charge in [-0.05, 0) is 36.2 Å². The smallest absolute Gasteiger partial charge is 0.243 e. The number of benzene rings is 3. The second-order valence-electron chi connectivity index (χ2n) is 7.24. The fourth-order valence-electron chi connectivity index (χ4n) is 3.01. The first kappa shape index (κ1) is 22.2. The fourth-order valence-corrected chi connectivity index (χ4v) is 3.01. The molecule has 0 fully saturated rings. The van der Waals surface area contributed by atoms with Gasteiger partial charge in [0.25, 0.3) is 0 Å². The summed E-state index contributed by atoms with van der Waals surface area (Å²) >= 11 is 0. The van der Waals surface area contributed by atoms with E-state index in [1.165, 1.54) is 5.56 Å². The predicted molar refractivity (Wildman–Crippen MR) is 126 cm³/mol. The fraction of sp³-hybridized carbons (Fsp3) is 0.269. The van der Waals surface area contributed by atoms with Crippen LogP contribution in [0.4, 0.5) is 11.4 Å². The first-order chi connectivity index (χ1) is 15.2. The van der Waals surface area contributed by atoms with Crippen LogP contribution in [-0.2, 0) is 11.2 Å². The second kappa shape index (κ2) is 12.3. The Hall–Kier alpha value is -3.47. The second-order valence-corrected chi connectivity index (χ2v) is 7.24. The number of ether oxygens (including phenoxy) is 2. The van der Waals surface area contributed by atoms with Crippen molar-refractivity contribution in [2.24, 2.45) is 0 Å². The molecular weight excluding hydrogens is 388 g/mol. The number of unbranched alkanes of at least 4 members (excludes halogenated alkanes) is 1. The molecule has 5 nitrogen and oxygen atoms in total. The summed E-state index contributed by atoms with van der Waals surface area (Å²) in [5.74, 6) is 1.42. The largest absolute Gasteiger partial charge is 0.494 e. The molecule has 5 heteroatoms. The summed E-state index contributed by atoms with van der Waals surface area (Å²) in [6.07, 6.45) is 2.94. The van der Waals surface area contributed by atoms with Crippen LogP contribution in [0.5, 0.6) is 11.5 Å². The molecule has 162 valence electrons. The molecule has 0 saturated heterocycles. The lowest BCUT2D eigenvalue weighted by atomic mass is 10.2. The van der Waals surface area contributed by atoms with Crippen LogP contribution in [0.1, 0.15) is 25.3 Å². The van der Waals surface area contributed by atoms with Crippen molar-refractivity contribution in [2.45, 2.75) is 26.2 Å². The zero-order valence-electron chi connectivity index (χ0n) is 18.0. The van der Waals surface area contributed by atoms with Crippen LogP contribution in [0.3, 0.4) is 0 Å². The lowest BCUT2D eigenvalue weighted by Crippen LogP contribution is -2.21. The summed E-state index contributed by atoms with van der Waals surface area (Å²) in [7, 11) is 0. The van der Waals surface area contributed by atoms with Crippen molar-refractivity contribution < 1.29 is 14.3 Å². The molecule has 0 radical (unpaired) electrons. The third-order valence-electron chi connectivity index (χ3n) is 4.67. The molecule has 0 aliphatic rings. The van der Waals surface area contributed by atoms with Gasteiger partial charge in [0.05, 0.1) is 19.8 Å². The maximum Gasteiger partial charge on any atom is 0.243 e. The molecule has 3 aromatic carbocycles. The Kier molecular flexibility index (Phi) is 8.80. The molecule has 0 aliphatic heterocycles. The lowest BCUT2D eigenvalue weighted by molar-refractivity contribution is -0.114. The highest BCUT2D eigenvalue weighted by Gasteiger charge is 2.05. The minimum Gasteiger partial charge on any atom is -0.494 e. The molecule has 0 saturated carbocycles. The van der Waals surface area contributed by atoms with E-state index in [0.29, 0.717) is 13.2 Å². The third-order valence-corrected chi connectivity index (χ3v) is 4.67. The SMILES string of the molecule is CCCCOc1cccc(NC(=O)CNc2cccc(OCCc3ccccc3)c2)c1. The quantitative estimate of drug-likeness (QED) is 0.379. The molecule has 31 heavy (non-hydrogen) atoms. The molecule has 0 atom stereocenters. The van der Waals surface area contributed by atoms with Gasteiger partial charge >= 0.3 is 0 Å². The highest BCUT2D eigenvalue weighted by atomic mass is 16.5. The minimum atomic E-state index is -0.124. The Morgan fingerprint density at radius 1 is 0.806 bits per heavy atom. The van der Waals surface area contributed by atoms with E-state index in [4.69, 9.17) is 9.47 Å². The summed E-state index contributed by atoms with van der Waals surface area (Å²) in [6.45, 7) is 3.57. The number of hydrogen-bond donors (Lipinski definition) is 2. The zero-order valence-corrected chi connectivity index (χ0v) is 18.0. The maximum absolute atomic E-state index is 12.3. The van der Waals surface area contributed by atoms with E-state index in [2.05, 4.69) is 29.7 Å². The van der Waals surface area contributed by atoms with Crippen molar-refractivity contribution in [3.05, 3.63) is 84.4 Å². The third kappa shape index (κ3) is 8.05. The van der Waals surface area contributed by atoms with Crippen molar-refractivity contribution in [3.63, 3.8) is 0 Å². The number of carbonyl (C=O) groups is 1. The minimum absolute atomic E-state index is 0.124. The van der Waals surface area contributed by atoms with Crippen molar-refractivity contribution in [2.75, 3.05) is 30.4 Å². The molecule has 0 aromatic heterocycles. The summed E-state index contributed by atoms with van der Waals surface area (Å²) in [6, 6.07) is 25.4. The number of amides is 1. The Labute approximate surface area is 184 Å². The summed E-state index contributed by atoms with van der Waals surface area (Å²) < 4.78 is 11.5. The predicted octanol–water partition coefficient (Wildman–Crippen LogP) is 5.54. The van der Waals surface area contributed by atoms with Crippen LogP contribution in [-0.4, -0.2) is 25.7 Å². The van der Waals surface area contributed by atoms with E-state index in [1.807, 2.05) is 66.7 Å². The van der Waals surface area contributed by atoms with Gasteiger partial charge in [0, 0.05) is 29.9 Å². The molecular formula is C26H30N2O3. The number of anilines is 2. The van der Waals surface area contributed by atoms with Crippen LogP contribution < -0.4 is 20.1 Å². The topological polar surface area (TPSA) is 59.6 Å². The molecule has 1 amide bonds. The lowest BCUT2D eigenvalue weighted by Gasteiger charge is -2.11. The van der Waals surface area contributed by atoms with Crippen molar-refractivity contribution in [1.29, 1.82) is 0 Å². The van der Waals surface area contributed by atoms with E-state index < -0.39 is 0 Å². The summed E-state index contributed by atoms with van der Waals surface area (Å²) in [5, 5.41) is 6.04. The van der Waals surface area contributed by atoms with Crippen LogP contribution in [0.25, 0.3) is 0 Å². The molecule has 3 aromatic rings. The molecule has 0 unspecified atom stereocenters. The number of carbonyl (C=O) groups excluding carboxylic acids is 1. The van der Waals surface area contributed by atoms with E-state index in [9.17, 15) is 4.79 Å². The van der Waals surface area contributed by atoms with Crippen molar-refractivity contribution in [3.8, 4) is 11.5 Å². The number of nitrogens with one attached hydrogen (secondary N) is 2. The van der Waals surface area contributed by atoms with Gasteiger partial charge in [0.15, 0.2) is 0 Å². The van der Waals surface area contributed by atoms with E-state index >= 15 is 0 Å². The monoisotopic (exact) mass is 418 g/mol. The van der Waals surface area contributed by atoms with Gasteiger partial charge in [-0.2, -0.15) is 0 Å². The van der Waals surface area contributed by atoms with Gasteiger partial charge in [-0.25, -0.2) is 0 Å². The molecule has 0 bridgehead atoms. The Morgan fingerprint density at radius 3 is 2.23 bits per heavy atom.